The van der Waals surface area contributed by atoms with Crippen LogP contribution in [0.15, 0.2) is 45.8 Å². The Balaban J connectivity index is 2.45. The van der Waals surface area contributed by atoms with Gasteiger partial charge in [-0.15, -0.1) is 13.2 Å². The van der Waals surface area contributed by atoms with Crippen molar-refractivity contribution in [3.05, 3.63) is 50.9 Å². The van der Waals surface area contributed by atoms with Gasteiger partial charge in [0.05, 0.1) is 5.69 Å². The van der Waals surface area contributed by atoms with E-state index in [4.69, 9.17) is 23.2 Å². The van der Waals surface area contributed by atoms with Crippen LogP contribution < -0.4 is 9.46 Å². The molecule has 0 atom stereocenters. The van der Waals surface area contributed by atoms with Crippen molar-refractivity contribution < 1.29 is 26.3 Å². The summed E-state index contributed by atoms with van der Waals surface area (Å²) in [6.07, 6.45) is -5.05. The number of benzene rings is 2. The summed E-state index contributed by atoms with van der Waals surface area (Å²) in [6.45, 7) is 0. The van der Waals surface area contributed by atoms with Gasteiger partial charge >= 0.3 is 6.36 Å². The number of hydrogen-bond donors (Lipinski definition) is 1. The molecule has 0 saturated carbocycles. The summed E-state index contributed by atoms with van der Waals surface area (Å²) >= 11 is 14.5. The van der Waals surface area contributed by atoms with E-state index in [-0.39, 0.29) is 20.2 Å². The Bertz CT molecular complexity index is 855. The molecule has 4 nitrogen and oxygen atoms in total. The van der Waals surface area contributed by atoms with Gasteiger partial charge in [0.15, 0.2) is 5.75 Å². The highest BCUT2D eigenvalue weighted by atomic mass is 79.9. The summed E-state index contributed by atoms with van der Waals surface area (Å²) < 4.78 is 68.3. The van der Waals surface area contributed by atoms with Crippen molar-refractivity contribution in [2.75, 3.05) is 4.72 Å². The van der Waals surface area contributed by atoms with Gasteiger partial charge in [0.25, 0.3) is 10.0 Å². The van der Waals surface area contributed by atoms with Crippen LogP contribution in [-0.2, 0) is 10.0 Å². The van der Waals surface area contributed by atoms with Crippen molar-refractivity contribution in [3.63, 3.8) is 0 Å². The highest BCUT2D eigenvalue weighted by molar-refractivity contribution is 9.10. The van der Waals surface area contributed by atoms with Gasteiger partial charge in [-0.3, -0.25) is 4.72 Å². The normalized spacial score (nSPS) is 12.1. The predicted octanol–water partition coefficient (Wildman–Crippen LogP) is 5.46. The fourth-order valence-corrected chi connectivity index (χ4v) is 3.75. The molecule has 0 bridgehead atoms. The van der Waals surface area contributed by atoms with E-state index in [9.17, 15) is 21.6 Å². The molecule has 0 unspecified atom stereocenters. The second kappa shape index (κ2) is 6.99. The Morgan fingerprint density at radius 3 is 2.17 bits per heavy atom. The summed E-state index contributed by atoms with van der Waals surface area (Å²) in [5.74, 6) is -0.877. The third kappa shape index (κ3) is 5.17. The fraction of sp³-hybridized carbons (Fsp3) is 0.0769. The number of nitrogens with one attached hydrogen (secondary N) is 1. The molecule has 0 aliphatic rings. The summed E-state index contributed by atoms with van der Waals surface area (Å²) in [6, 6.07) is 7.02. The van der Waals surface area contributed by atoms with Crippen LogP contribution >= 0.6 is 39.1 Å². The van der Waals surface area contributed by atoms with Crippen molar-refractivity contribution in [1.82, 2.24) is 0 Å². The molecule has 0 aromatic heterocycles. The first-order valence-electron chi connectivity index (χ1n) is 6.00. The Labute approximate surface area is 153 Å². The largest absolute Gasteiger partial charge is 0.573 e. The van der Waals surface area contributed by atoms with Crippen LogP contribution in [0, 0.1) is 0 Å². The summed E-state index contributed by atoms with van der Waals surface area (Å²) in [5, 5.41) is 0.311. The van der Waals surface area contributed by atoms with Gasteiger partial charge in [-0.25, -0.2) is 8.42 Å². The average molecular weight is 465 g/mol. The molecular weight excluding hydrogens is 458 g/mol. The lowest BCUT2D eigenvalue weighted by molar-refractivity contribution is -0.275. The minimum Gasteiger partial charge on any atom is -0.404 e. The van der Waals surface area contributed by atoms with Crippen molar-refractivity contribution in [1.29, 1.82) is 0 Å². The van der Waals surface area contributed by atoms with Crippen LogP contribution in [0.1, 0.15) is 0 Å². The third-order valence-electron chi connectivity index (χ3n) is 2.54. The zero-order valence-corrected chi connectivity index (χ0v) is 15.3. The predicted molar refractivity (Wildman–Crippen MR) is 88.1 cm³/mol. The van der Waals surface area contributed by atoms with E-state index in [1.165, 1.54) is 24.3 Å². The lowest BCUT2D eigenvalue weighted by atomic mass is 10.3. The number of sulfonamides is 1. The first-order chi connectivity index (χ1) is 11.0. The fourth-order valence-electron chi connectivity index (χ4n) is 1.73. The molecule has 0 spiro atoms. The number of alkyl halides is 3. The molecule has 0 fully saturated rings. The van der Waals surface area contributed by atoms with Crippen LogP contribution in [0.4, 0.5) is 18.9 Å². The first kappa shape index (κ1) is 19.2. The lowest BCUT2D eigenvalue weighted by Crippen LogP contribution is -2.21. The highest BCUT2D eigenvalue weighted by Gasteiger charge is 2.34. The van der Waals surface area contributed by atoms with Crippen LogP contribution in [0.3, 0.4) is 0 Å². The maximum atomic E-state index is 12.5. The number of ether oxygens (including phenoxy) is 1. The monoisotopic (exact) mass is 463 g/mol. The Hall–Kier alpha value is -1.16. The second-order valence-electron chi connectivity index (χ2n) is 4.40. The molecule has 0 aliphatic carbocycles. The van der Waals surface area contributed by atoms with Crippen molar-refractivity contribution in [2.24, 2.45) is 0 Å². The maximum absolute atomic E-state index is 12.5. The molecule has 1 N–H and O–H groups in total. The minimum absolute atomic E-state index is 0.00613. The molecule has 0 amide bonds. The van der Waals surface area contributed by atoms with Crippen molar-refractivity contribution in [2.45, 2.75) is 11.3 Å². The van der Waals surface area contributed by atoms with E-state index in [0.717, 1.165) is 12.1 Å². The first-order valence-corrected chi connectivity index (χ1v) is 9.04. The molecule has 24 heavy (non-hydrogen) atoms. The van der Waals surface area contributed by atoms with E-state index in [0.29, 0.717) is 0 Å². The lowest BCUT2D eigenvalue weighted by Gasteiger charge is -2.15. The van der Waals surface area contributed by atoms with Gasteiger partial charge in [0, 0.05) is 14.5 Å². The van der Waals surface area contributed by atoms with Gasteiger partial charge in [-0.1, -0.05) is 39.1 Å². The molecule has 0 radical (unpaired) electrons. The molecule has 0 saturated heterocycles. The van der Waals surface area contributed by atoms with Crippen LogP contribution in [0.2, 0.25) is 10.0 Å². The summed E-state index contributed by atoms with van der Waals surface area (Å²) in [5.41, 5.74) is -0.00613. The van der Waals surface area contributed by atoms with Gasteiger partial charge in [-0.05, 0) is 36.4 Å². The zero-order valence-electron chi connectivity index (χ0n) is 11.4. The molecular formula is C13H7BrCl2F3NO3S. The molecule has 0 heterocycles. The maximum Gasteiger partial charge on any atom is 0.573 e. The molecule has 2 aromatic rings. The van der Waals surface area contributed by atoms with Crippen molar-refractivity contribution >= 4 is 54.8 Å². The molecule has 130 valence electrons. The number of hydrogen-bond acceptors (Lipinski definition) is 3. The molecule has 2 aromatic carbocycles. The van der Waals surface area contributed by atoms with Gasteiger partial charge in [0.2, 0.25) is 0 Å². The second-order valence-corrected chi connectivity index (χ2v) is 7.84. The number of halogens is 6. The topological polar surface area (TPSA) is 55.4 Å². The van der Waals surface area contributed by atoms with Gasteiger partial charge in [-0.2, -0.15) is 0 Å². The molecule has 0 aliphatic heterocycles. The van der Waals surface area contributed by atoms with Gasteiger partial charge in [0.1, 0.15) is 4.90 Å². The standard InChI is InChI=1S/C13H7BrCl2F3NO3S/c14-7-1-2-12(11(3-7)23-13(17,18)19)24(21,22)20-10-5-8(15)4-9(16)6-10/h1-6,20H. The average Bonchev–Trinajstić information content (AvgIpc) is 2.33. The van der Waals surface area contributed by atoms with Crippen LogP contribution in [-0.4, -0.2) is 14.8 Å². The summed E-state index contributed by atoms with van der Waals surface area (Å²) in [4.78, 5) is -0.695. The van der Waals surface area contributed by atoms with E-state index >= 15 is 0 Å². The van der Waals surface area contributed by atoms with E-state index in [2.05, 4.69) is 25.4 Å². The number of anilines is 1. The Morgan fingerprint density at radius 2 is 1.62 bits per heavy atom. The highest BCUT2D eigenvalue weighted by Crippen LogP contribution is 2.33. The van der Waals surface area contributed by atoms with Gasteiger partial charge < -0.3 is 4.74 Å². The van der Waals surface area contributed by atoms with E-state index < -0.39 is 27.0 Å². The quantitative estimate of drug-likeness (QED) is 0.654. The molecule has 11 heteroatoms. The van der Waals surface area contributed by atoms with Crippen LogP contribution in [0.5, 0.6) is 5.75 Å². The minimum atomic E-state index is -5.05. The molecule has 2 rings (SSSR count). The smallest absolute Gasteiger partial charge is 0.404 e. The zero-order chi connectivity index (χ0) is 18.1. The summed E-state index contributed by atoms with van der Waals surface area (Å²) in [7, 11) is -4.38. The Kier molecular flexibility index (Phi) is 5.58. The Morgan fingerprint density at radius 1 is 1.04 bits per heavy atom. The van der Waals surface area contributed by atoms with E-state index in [1.54, 1.807) is 0 Å². The van der Waals surface area contributed by atoms with Crippen molar-refractivity contribution in [3.8, 4) is 5.75 Å². The third-order valence-corrected chi connectivity index (χ3v) is 4.89. The van der Waals surface area contributed by atoms with Crippen LogP contribution in [0.25, 0.3) is 0 Å². The SMILES string of the molecule is O=S(=O)(Nc1cc(Cl)cc(Cl)c1)c1ccc(Br)cc1OC(F)(F)F. The number of rotatable bonds is 4. The van der Waals surface area contributed by atoms with E-state index in [1.807, 2.05) is 0 Å².